The van der Waals surface area contributed by atoms with E-state index < -0.39 is 12.1 Å². The number of hydrogen-bond donors (Lipinski definition) is 4. The second-order valence-corrected chi connectivity index (χ2v) is 16.7. The highest BCUT2D eigenvalue weighted by atomic mass is 16.5. The summed E-state index contributed by atoms with van der Waals surface area (Å²) < 4.78 is 6.27. The number of benzene rings is 4. The Kier molecular flexibility index (Phi) is 10.4. The molecule has 0 bridgehead atoms. The number of ether oxygens (including phenoxy) is 1. The number of fused-ring (bicyclic) bond motifs is 4. The SMILES string of the molecule is CC(C)C(NC(=O)O)C(=O)N1CCCC1c1nc2c([nH]1)COc1cc(-c3ccc4cc(-c5cnc(C6CCCN6C(=O)C(c6ccccc6)N(C)C)[nH]5)ccc4c3)ccc1-2. The zero-order chi connectivity index (χ0) is 41.7. The molecule has 13 nitrogen and oxygen atoms in total. The fourth-order valence-corrected chi connectivity index (χ4v) is 9.24. The first-order valence-electron chi connectivity index (χ1n) is 20.8. The molecule has 4 atom stereocenters. The molecule has 6 aromatic rings. The first-order chi connectivity index (χ1) is 29.0. The van der Waals surface area contributed by atoms with Crippen molar-refractivity contribution in [1.29, 1.82) is 0 Å². The molecule has 3 aliphatic heterocycles. The molecule has 9 rings (SSSR count). The Bertz CT molecular complexity index is 2580. The molecular weight excluding hydrogens is 757 g/mol. The molecule has 4 N–H and O–H groups in total. The Morgan fingerprint density at radius 2 is 1.47 bits per heavy atom. The third-order valence-electron chi connectivity index (χ3n) is 12.3. The highest BCUT2D eigenvalue weighted by Gasteiger charge is 2.39. The number of nitrogens with one attached hydrogen (secondary N) is 3. The number of H-pyrrole nitrogens is 2. The second-order valence-electron chi connectivity index (χ2n) is 16.7. The first-order valence-corrected chi connectivity index (χ1v) is 20.8. The Morgan fingerprint density at radius 1 is 0.817 bits per heavy atom. The summed E-state index contributed by atoms with van der Waals surface area (Å²) in [7, 11) is 3.90. The van der Waals surface area contributed by atoms with Crippen LogP contribution in [0.1, 0.15) is 80.6 Å². The molecule has 2 fully saturated rings. The number of aromatic amines is 2. The molecule has 0 spiro atoms. The van der Waals surface area contributed by atoms with E-state index in [1.807, 2.05) is 80.3 Å². The summed E-state index contributed by atoms with van der Waals surface area (Å²) in [6, 6.07) is 27.4. The lowest BCUT2D eigenvalue weighted by Gasteiger charge is -2.31. The number of amides is 3. The van der Waals surface area contributed by atoms with Gasteiger partial charge in [0.25, 0.3) is 0 Å². The monoisotopic (exact) mass is 806 g/mol. The van der Waals surface area contributed by atoms with E-state index >= 15 is 0 Å². The smallest absolute Gasteiger partial charge is 0.405 e. The number of carboxylic acid groups (broad SMARTS) is 1. The molecule has 2 saturated heterocycles. The van der Waals surface area contributed by atoms with E-state index in [1.165, 1.54) is 0 Å². The molecule has 4 unspecified atom stereocenters. The first kappa shape index (κ1) is 39.0. The third-order valence-corrected chi connectivity index (χ3v) is 12.3. The molecule has 308 valence electrons. The molecule has 3 aliphatic rings. The highest BCUT2D eigenvalue weighted by Crippen LogP contribution is 2.42. The molecule has 3 amide bonds. The van der Waals surface area contributed by atoms with E-state index in [1.54, 1.807) is 4.90 Å². The van der Waals surface area contributed by atoms with E-state index in [0.717, 1.165) is 92.9 Å². The molecule has 4 aromatic carbocycles. The summed E-state index contributed by atoms with van der Waals surface area (Å²) in [5, 5.41) is 14.0. The van der Waals surface area contributed by atoms with Gasteiger partial charge in [-0.15, -0.1) is 0 Å². The highest BCUT2D eigenvalue weighted by molar-refractivity contribution is 5.91. The minimum absolute atomic E-state index is 0.0917. The number of rotatable bonds is 10. The van der Waals surface area contributed by atoms with Gasteiger partial charge in [0.1, 0.15) is 36.1 Å². The van der Waals surface area contributed by atoms with Gasteiger partial charge in [-0.1, -0.05) is 74.5 Å². The van der Waals surface area contributed by atoms with Crippen LogP contribution >= 0.6 is 0 Å². The van der Waals surface area contributed by atoms with Crippen LogP contribution in [0.3, 0.4) is 0 Å². The largest absolute Gasteiger partial charge is 0.487 e. The summed E-state index contributed by atoms with van der Waals surface area (Å²) in [5.74, 6) is 1.91. The van der Waals surface area contributed by atoms with E-state index in [2.05, 4.69) is 63.8 Å². The van der Waals surface area contributed by atoms with Gasteiger partial charge in [0, 0.05) is 24.2 Å². The van der Waals surface area contributed by atoms with Crippen LogP contribution in [0.2, 0.25) is 0 Å². The van der Waals surface area contributed by atoms with Gasteiger partial charge in [-0.2, -0.15) is 0 Å². The van der Waals surface area contributed by atoms with Gasteiger partial charge in [0.2, 0.25) is 11.8 Å². The standard InChI is InChI=1S/C47H50N8O5/c1-27(2)40(52-47(58)59)45(56)54-20-9-13-38(54)44-50-36-26-60-39-24-32(18-19-34(39)41(36)51-44)30-14-15-31-23-33(17-16-29(31)22-30)35-25-48-43(49-35)37-12-8-21-55(37)46(57)42(53(3)4)28-10-6-5-7-11-28/h5-7,10-11,14-19,22-25,27,37-38,40,42,52H,8-9,12-13,20-21,26H2,1-4H3,(H,48,49)(H,50,51)(H,58,59). The molecule has 0 saturated carbocycles. The van der Waals surface area contributed by atoms with Crippen molar-refractivity contribution in [3.63, 3.8) is 0 Å². The fourth-order valence-electron chi connectivity index (χ4n) is 9.24. The Balaban J connectivity index is 0.913. The molecular formula is C47H50N8O5. The van der Waals surface area contributed by atoms with E-state index in [4.69, 9.17) is 14.7 Å². The predicted molar refractivity (Wildman–Crippen MR) is 229 cm³/mol. The molecule has 13 heteroatoms. The number of nitrogens with zero attached hydrogens (tertiary/aromatic N) is 5. The summed E-state index contributed by atoms with van der Waals surface area (Å²) >= 11 is 0. The number of hydrogen-bond acceptors (Lipinski definition) is 7. The average molecular weight is 807 g/mol. The quantitative estimate of drug-likeness (QED) is 0.108. The van der Waals surface area contributed by atoms with Crippen molar-refractivity contribution in [2.75, 3.05) is 27.2 Å². The van der Waals surface area contributed by atoms with Crippen molar-refractivity contribution in [3.05, 3.63) is 114 Å². The van der Waals surface area contributed by atoms with E-state index in [-0.39, 0.29) is 35.9 Å². The van der Waals surface area contributed by atoms with Gasteiger partial charge >= 0.3 is 6.09 Å². The van der Waals surface area contributed by atoms with Crippen LogP contribution in [0, 0.1) is 5.92 Å². The van der Waals surface area contributed by atoms with Gasteiger partial charge in [-0.3, -0.25) is 14.5 Å². The fraction of sp³-hybridized carbons (Fsp3) is 0.340. The Morgan fingerprint density at radius 3 is 2.17 bits per heavy atom. The zero-order valence-electron chi connectivity index (χ0n) is 34.3. The van der Waals surface area contributed by atoms with Crippen LogP contribution in [-0.2, 0) is 16.2 Å². The van der Waals surface area contributed by atoms with Gasteiger partial charge < -0.3 is 34.9 Å². The van der Waals surface area contributed by atoms with Crippen LogP contribution in [-0.4, -0.2) is 90.9 Å². The van der Waals surface area contributed by atoms with Crippen molar-refractivity contribution in [1.82, 2.24) is 40.0 Å². The van der Waals surface area contributed by atoms with Crippen molar-refractivity contribution in [2.45, 2.75) is 70.3 Å². The molecule has 0 aliphatic carbocycles. The number of carbonyl (C=O) groups is 3. The topological polar surface area (TPSA) is 160 Å². The summed E-state index contributed by atoms with van der Waals surface area (Å²) in [5.41, 5.74) is 7.56. The number of likely N-dealkylation sites (tertiary alicyclic amines) is 2. The van der Waals surface area contributed by atoms with E-state index in [9.17, 15) is 19.5 Å². The lowest BCUT2D eigenvalue weighted by molar-refractivity contribution is -0.137. The van der Waals surface area contributed by atoms with Gasteiger partial charge in [-0.25, -0.2) is 14.8 Å². The number of imidazole rings is 2. The average Bonchev–Trinajstić information content (AvgIpc) is 4.08. The maximum absolute atomic E-state index is 14.0. The van der Waals surface area contributed by atoms with Crippen molar-refractivity contribution in [3.8, 4) is 39.4 Å². The van der Waals surface area contributed by atoms with Crippen molar-refractivity contribution in [2.24, 2.45) is 5.92 Å². The molecule has 0 radical (unpaired) electrons. The molecule has 5 heterocycles. The number of aromatic nitrogens is 4. The summed E-state index contributed by atoms with van der Waals surface area (Å²) in [6.45, 7) is 5.25. The third kappa shape index (κ3) is 7.27. The zero-order valence-corrected chi connectivity index (χ0v) is 34.3. The van der Waals surface area contributed by atoms with Crippen LogP contribution in [0.5, 0.6) is 5.75 Å². The molecule has 2 aromatic heterocycles. The predicted octanol–water partition coefficient (Wildman–Crippen LogP) is 8.10. The van der Waals surface area contributed by atoms with Gasteiger partial charge in [-0.05, 0) is 97.4 Å². The van der Waals surface area contributed by atoms with Gasteiger partial charge in [0.05, 0.1) is 35.4 Å². The van der Waals surface area contributed by atoms with Crippen molar-refractivity contribution >= 4 is 28.7 Å². The van der Waals surface area contributed by atoms with Crippen LogP contribution in [0.25, 0.3) is 44.4 Å². The van der Waals surface area contributed by atoms with E-state index in [0.29, 0.717) is 25.5 Å². The Hall–Kier alpha value is -6.47. The van der Waals surface area contributed by atoms with Crippen LogP contribution < -0.4 is 10.1 Å². The van der Waals surface area contributed by atoms with Gasteiger partial charge in [0.15, 0.2) is 0 Å². The molecule has 60 heavy (non-hydrogen) atoms. The number of carbonyl (C=O) groups excluding carboxylic acids is 2. The minimum Gasteiger partial charge on any atom is -0.487 e. The maximum Gasteiger partial charge on any atom is 0.405 e. The lowest BCUT2D eigenvalue weighted by Crippen LogP contribution is -2.50. The normalized spacial score (nSPS) is 18.4. The second kappa shape index (κ2) is 15.9. The summed E-state index contributed by atoms with van der Waals surface area (Å²) in [4.78, 5) is 61.5. The van der Waals surface area contributed by atoms with Crippen LogP contribution in [0.15, 0.2) is 91.1 Å². The lowest BCUT2D eigenvalue weighted by atomic mass is 9.97. The minimum atomic E-state index is -1.21. The maximum atomic E-state index is 14.0. The van der Waals surface area contributed by atoms with Crippen molar-refractivity contribution < 1.29 is 24.2 Å². The van der Waals surface area contributed by atoms with Crippen LogP contribution in [0.4, 0.5) is 4.79 Å². The Labute approximate surface area is 348 Å². The number of likely N-dealkylation sites (N-methyl/N-ethyl adjacent to an activating group) is 1. The summed E-state index contributed by atoms with van der Waals surface area (Å²) in [6.07, 6.45) is 4.00.